The number of benzene rings is 3. The number of hydrogen-bond donors (Lipinski definition) is 2. The van der Waals surface area contributed by atoms with Crippen molar-refractivity contribution in [3.05, 3.63) is 108 Å². The minimum absolute atomic E-state index is 0.160. The largest absolute Gasteiger partial charge is 0.460 e. The molecule has 45 heavy (non-hydrogen) atoms. The summed E-state index contributed by atoms with van der Waals surface area (Å²) < 4.78 is 5.09. The minimum atomic E-state index is -0.928. The van der Waals surface area contributed by atoms with Gasteiger partial charge in [-0.1, -0.05) is 97.4 Å². The lowest BCUT2D eigenvalue weighted by atomic mass is 9.84. The Kier molecular flexibility index (Phi) is 14.2. The molecule has 0 radical (unpaired) electrons. The second-order valence-corrected chi connectivity index (χ2v) is 13.5. The molecule has 242 valence electrons. The predicted molar refractivity (Wildman–Crippen MR) is 184 cm³/mol. The number of unbranched alkanes of at least 4 members (excludes halogenated alkanes) is 2. The minimum Gasteiger partial charge on any atom is -0.460 e. The molecule has 0 aromatic heterocycles. The third kappa shape index (κ3) is 10.8. The summed E-state index contributed by atoms with van der Waals surface area (Å²) in [5.41, 5.74) is 3.01. The molecule has 0 bridgehead atoms. The first-order valence-corrected chi connectivity index (χ1v) is 16.8. The zero-order valence-corrected chi connectivity index (χ0v) is 28.2. The van der Waals surface area contributed by atoms with Gasteiger partial charge >= 0.3 is 5.97 Å². The molecule has 3 rings (SSSR count). The number of nitrogens with zero attached hydrogens (tertiary/aromatic N) is 1. The molecule has 0 unspecified atom stereocenters. The van der Waals surface area contributed by atoms with Gasteiger partial charge in [-0.25, -0.2) is 0 Å². The molecule has 3 aromatic rings. The summed E-state index contributed by atoms with van der Waals surface area (Å²) >= 11 is 1.92. The number of carbonyl (C=O) groups is 3. The summed E-state index contributed by atoms with van der Waals surface area (Å²) in [4.78, 5) is 40.2. The van der Waals surface area contributed by atoms with Gasteiger partial charge in [0.2, 0.25) is 11.8 Å². The van der Waals surface area contributed by atoms with E-state index in [1.165, 1.54) is 21.6 Å². The molecule has 0 aliphatic carbocycles. The molecule has 7 nitrogen and oxygen atoms in total. The summed E-state index contributed by atoms with van der Waals surface area (Å²) in [6.45, 7) is 6.33. The third-order valence-corrected chi connectivity index (χ3v) is 9.15. The second kappa shape index (κ2) is 17.8. The fourth-order valence-electron chi connectivity index (χ4n) is 5.27. The van der Waals surface area contributed by atoms with Crippen LogP contribution in [0.5, 0.6) is 0 Å². The maximum Gasteiger partial charge on any atom is 0.308 e. The summed E-state index contributed by atoms with van der Waals surface area (Å²) in [6, 6.07) is 31.0. The topological polar surface area (TPSA) is 87.7 Å². The van der Waals surface area contributed by atoms with Gasteiger partial charge in [-0.15, -0.1) is 11.8 Å². The quantitative estimate of drug-likeness (QED) is 0.105. The van der Waals surface area contributed by atoms with Crippen molar-refractivity contribution in [1.82, 2.24) is 15.5 Å². The van der Waals surface area contributed by atoms with Gasteiger partial charge in [0.25, 0.3) is 0 Å². The Morgan fingerprint density at radius 2 is 1.29 bits per heavy atom. The van der Waals surface area contributed by atoms with Gasteiger partial charge < -0.3 is 20.3 Å². The number of esters is 1. The Labute approximate surface area is 273 Å². The van der Waals surface area contributed by atoms with E-state index in [0.29, 0.717) is 25.9 Å². The number of rotatable bonds is 17. The lowest BCUT2D eigenvalue weighted by Crippen LogP contribution is -2.50. The van der Waals surface area contributed by atoms with Crippen molar-refractivity contribution in [1.29, 1.82) is 0 Å². The molecule has 0 aliphatic rings. The zero-order chi connectivity index (χ0) is 32.7. The molecule has 3 aromatic carbocycles. The Morgan fingerprint density at radius 1 is 0.778 bits per heavy atom. The van der Waals surface area contributed by atoms with E-state index in [2.05, 4.69) is 83.4 Å². The van der Waals surface area contributed by atoms with E-state index >= 15 is 0 Å². The van der Waals surface area contributed by atoms with Crippen LogP contribution in [0.15, 0.2) is 91.0 Å². The van der Waals surface area contributed by atoms with Crippen LogP contribution < -0.4 is 10.6 Å². The highest BCUT2D eigenvalue weighted by Crippen LogP contribution is 2.48. The van der Waals surface area contributed by atoms with Crippen molar-refractivity contribution in [2.45, 2.75) is 69.3 Å². The molecular weight excluding hydrogens is 582 g/mol. The Hall–Kier alpha value is -3.62. The second-order valence-electron chi connectivity index (χ2n) is 12.1. The number of amides is 2. The molecule has 8 heteroatoms. The van der Waals surface area contributed by atoms with Crippen LogP contribution in [-0.2, 0) is 23.9 Å². The normalized spacial score (nSPS) is 12.3. The first-order chi connectivity index (χ1) is 21.6. The number of thioether (sulfide) groups is 1. The van der Waals surface area contributed by atoms with Gasteiger partial charge in [0.15, 0.2) is 0 Å². The van der Waals surface area contributed by atoms with Crippen molar-refractivity contribution >= 4 is 29.5 Å². The summed E-state index contributed by atoms with van der Waals surface area (Å²) in [7, 11) is 3.39. The maximum atomic E-state index is 13.2. The van der Waals surface area contributed by atoms with E-state index in [1.54, 1.807) is 34.9 Å². The molecule has 0 spiro atoms. The van der Waals surface area contributed by atoms with E-state index in [-0.39, 0.29) is 23.0 Å². The van der Waals surface area contributed by atoms with Gasteiger partial charge in [0.1, 0.15) is 11.6 Å². The first kappa shape index (κ1) is 35.9. The van der Waals surface area contributed by atoms with E-state index in [9.17, 15) is 14.4 Å². The summed E-state index contributed by atoms with van der Waals surface area (Å²) in [6.07, 6.45) is 2.60. The van der Waals surface area contributed by atoms with Gasteiger partial charge in [-0.2, -0.15) is 0 Å². The number of hydrogen-bond acceptors (Lipinski definition) is 6. The van der Waals surface area contributed by atoms with Gasteiger partial charge in [0.05, 0.1) is 11.2 Å². The lowest BCUT2D eigenvalue weighted by molar-refractivity contribution is -0.158. The highest BCUT2D eigenvalue weighted by atomic mass is 32.2. The number of ether oxygens (including phenoxy) is 1. The maximum absolute atomic E-state index is 13.2. The monoisotopic (exact) mass is 631 g/mol. The Bertz CT molecular complexity index is 1230. The van der Waals surface area contributed by atoms with Crippen molar-refractivity contribution in [3.63, 3.8) is 0 Å². The molecule has 0 aliphatic heterocycles. The average Bonchev–Trinajstić information content (AvgIpc) is 3.03. The van der Waals surface area contributed by atoms with Crippen LogP contribution in [0.2, 0.25) is 0 Å². The van der Waals surface area contributed by atoms with Crippen molar-refractivity contribution < 1.29 is 19.1 Å². The van der Waals surface area contributed by atoms with Crippen LogP contribution in [0.1, 0.15) is 69.6 Å². The van der Waals surface area contributed by atoms with Crippen LogP contribution in [-0.4, -0.2) is 67.3 Å². The van der Waals surface area contributed by atoms with E-state index in [4.69, 9.17) is 4.74 Å². The Morgan fingerprint density at radius 3 is 1.76 bits per heavy atom. The molecule has 0 saturated heterocycles. The standard InChI is InChI=1S/C37H49N3O4S/c1-36(2,3)44-34(42)28-32(35(43)39-26-25-38-4)40(5)33(41)24-16-9-17-27-45-37(29-18-10-6-11-19-29,30-20-12-7-13-21-30)31-22-14-8-15-23-31/h6-8,10-15,18-23,32,38H,9,16-17,24-28H2,1-5H3,(H,39,43)/t32-/m0/s1. The molecule has 0 saturated carbocycles. The summed E-state index contributed by atoms with van der Waals surface area (Å²) in [5.74, 6) is -0.126. The van der Waals surface area contributed by atoms with Crippen LogP contribution in [0.4, 0.5) is 0 Å². The average molecular weight is 632 g/mol. The van der Waals surface area contributed by atoms with Crippen LogP contribution in [0.25, 0.3) is 0 Å². The fraction of sp³-hybridized carbons (Fsp3) is 0.432. The molecule has 2 N–H and O–H groups in total. The van der Waals surface area contributed by atoms with E-state index < -0.39 is 17.6 Å². The van der Waals surface area contributed by atoms with Crippen molar-refractivity contribution in [3.8, 4) is 0 Å². The smallest absolute Gasteiger partial charge is 0.308 e. The SMILES string of the molecule is CNCCNC(=O)[C@H](CC(=O)OC(C)(C)C)N(C)C(=O)CCCCCSC(c1ccccc1)(c1ccccc1)c1ccccc1. The van der Waals surface area contributed by atoms with Crippen molar-refractivity contribution in [2.24, 2.45) is 0 Å². The van der Waals surface area contributed by atoms with E-state index in [0.717, 1.165) is 18.6 Å². The van der Waals surface area contributed by atoms with Crippen LogP contribution in [0, 0.1) is 0 Å². The van der Waals surface area contributed by atoms with E-state index in [1.807, 2.05) is 30.0 Å². The number of likely N-dealkylation sites (N-methyl/N-ethyl adjacent to an activating group) is 2. The Balaban J connectivity index is 1.64. The van der Waals surface area contributed by atoms with Gasteiger partial charge in [0, 0.05) is 26.6 Å². The predicted octanol–water partition coefficient (Wildman–Crippen LogP) is 6.17. The number of carbonyl (C=O) groups excluding carboxylic acids is 3. The molecule has 2 amide bonds. The molecular formula is C37H49N3O4S. The first-order valence-electron chi connectivity index (χ1n) is 15.8. The molecule has 0 fully saturated rings. The zero-order valence-electron chi connectivity index (χ0n) is 27.4. The van der Waals surface area contributed by atoms with Crippen LogP contribution in [0.3, 0.4) is 0 Å². The number of nitrogens with one attached hydrogen (secondary N) is 2. The molecule has 1 atom stereocenters. The molecule has 0 heterocycles. The van der Waals surface area contributed by atoms with Gasteiger partial charge in [-0.05, 0) is 63.1 Å². The highest BCUT2D eigenvalue weighted by molar-refractivity contribution is 8.00. The van der Waals surface area contributed by atoms with Gasteiger partial charge in [-0.3, -0.25) is 14.4 Å². The summed E-state index contributed by atoms with van der Waals surface area (Å²) in [5, 5.41) is 5.80. The lowest BCUT2D eigenvalue weighted by Gasteiger charge is -2.35. The van der Waals surface area contributed by atoms with Crippen LogP contribution >= 0.6 is 11.8 Å². The third-order valence-electron chi connectivity index (χ3n) is 7.51. The van der Waals surface area contributed by atoms with Crippen molar-refractivity contribution in [2.75, 3.05) is 32.9 Å². The fourth-order valence-corrected chi connectivity index (χ4v) is 6.84. The highest BCUT2D eigenvalue weighted by Gasteiger charge is 2.36.